The lowest BCUT2D eigenvalue weighted by atomic mass is 10.1. The minimum absolute atomic E-state index is 0.0419. The second-order valence-electron chi connectivity index (χ2n) is 8.45. The zero-order chi connectivity index (χ0) is 26.3. The summed E-state index contributed by atoms with van der Waals surface area (Å²) in [4.78, 5) is 28.1. The van der Waals surface area contributed by atoms with Crippen LogP contribution in [0.1, 0.15) is 43.4 Å². The molecule has 0 saturated carbocycles. The van der Waals surface area contributed by atoms with E-state index in [9.17, 15) is 18.0 Å². The smallest absolute Gasteiger partial charge is 0.244 e. The number of rotatable bonds is 11. The number of benzene rings is 2. The first-order chi connectivity index (χ1) is 16.4. The number of nitrogens with zero attached hydrogens (tertiary/aromatic N) is 2. The number of sulfonamides is 1. The molecule has 1 atom stereocenters. The zero-order valence-electron chi connectivity index (χ0n) is 20.8. The van der Waals surface area contributed by atoms with Gasteiger partial charge >= 0.3 is 0 Å². The van der Waals surface area contributed by atoms with Gasteiger partial charge in [0.1, 0.15) is 12.6 Å². The van der Waals surface area contributed by atoms with Gasteiger partial charge in [-0.15, -0.1) is 0 Å². The zero-order valence-corrected chi connectivity index (χ0v) is 23.1. The average molecular weight is 543 g/mol. The largest absolute Gasteiger partial charge is 0.354 e. The molecule has 0 fully saturated rings. The summed E-state index contributed by atoms with van der Waals surface area (Å²) in [6.07, 6.45) is 2.12. The third-order valence-corrected chi connectivity index (χ3v) is 7.51. The molecule has 0 radical (unpaired) electrons. The lowest BCUT2D eigenvalue weighted by molar-refractivity contribution is -0.140. The number of carbonyl (C=O) groups is 2. The molecular weight excluding hydrogens is 509 g/mol. The number of halogens is 2. The van der Waals surface area contributed by atoms with Gasteiger partial charge in [-0.25, -0.2) is 8.42 Å². The van der Waals surface area contributed by atoms with Crippen molar-refractivity contribution in [2.24, 2.45) is 0 Å². The van der Waals surface area contributed by atoms with E-state index in [1.165, 1.54) is 4.90 Å². The second-order valence-corrected chi connectivity index (χ2v) is 11.2. The van der Waals surface area contributed by atoms with Crippen LogP contribution in [-0.2, 0) is 26.2 Å². The van der Waals surface area contributed by atoms with Crippen LogP contribution in [0.15, 0.2) is 36.4 Å². The van der Waals surface area contributed by atoms with Gasteiger partial charge in [0.2, 0.25) is 21.8 Å². The molecule has 0 aliphatic heterocycles. The van der Waals surface area contributed by atoms with Crippen LogP contribution in [0, 0.1) is 13.8 Å². The summed E-state index contributed by atoms with van der Waals surface area (Å²) >= 11 is 12.8. The summed E-state index contributed by atoms with van der Waals surface area (Å²) in [6, 6.07) is 9.58. The Kier molecular flexibility index (Phi) is 10.4. The van der Waals surface area contributed by atoms with E-state index < -0.39 is 28.5 Å². The van der Waals surface area contributed by atoms with E-state index in [-0.39, 0.29) is 12.5 Å². The highest BCUT2D eigenvalue weighted by Crippen LogP contribution is 2.29. The summed E-state index contributed by atoms with van der Waals surface area (Å²) < 4.78 is 26.7. The molecule has 0 saturated heterocycles. The molecule has 2 aromatic carbocycles. The Bertz CT molecular complexity index is 1130. The van der Waals surface area contributed by atoms with Gasteiger partial charge in [-0.1, -0.05) is 61.3 Å². The maximum absolute atomic E-state index is 13.8. The SMILES string of the molecule is CCCNC(=O)[C@H](CC)N(Cc1c(Cl)cccc1Cl)C(=O)CN(c1c(C)cccc1C)S(C)(=O)=O. The summed E-state index contributed by atoms with van der Waals surface area (Å²) in [5.41, 5.74) is 2.37. The molecule has 192 valence electrons. The molecule has 0 unspecified atom stereocenters. The normalized spacial score (nSPS) is 12.2. The van der Waals surface area contributed by atoms with E-state index in [0.29, 0.717) is 34.3 Å². The Labute approximate surface area is 218 Å². The van der Waals surface area contributed by atoms with E-state index >= 15 is 0 Å². The number of hydrogen-bond donors (Lipinski definition) is 1. The Morgan fingerprint density at radius 3 is 2.03 bits per heavy atom. The first-order valence-corrected chi connectivity index (χ1v) is 14.1. The highest BCUT2D eigenvalue weighted by molar-refractivity contribution is 7.92. The Morgan fingerprint density at radius 2 is 1.54 bits per heavy atom. The summed E-state index contributed by atoms with van der Waals surface area (Å²) in [5.74, 6) is -0.851. The third-order valence-electron chi connectivity index (χ3n) is 5.69. The first-order valence-electron chi connectivity index (χ1n) is 11.5. The first kappa shape index (κ1) is 28.9. The number of nitrogens with one attached hydrogen (secondary N) is 1. The van der Waals surface area contributed by atoms with Crippen molar-refractivity contribution < 1.29 is 18.0 Å². The van der Waals surface area contributed by atoms with Crippen molar-refractivity contribution in [3.63, 3.8) is 0 Å². The van der Waals surface area contributed by atoms with E-state index in [0.717, 1.165) is 28.1 Å². The van der Waals surface area contributed by atoms with Crippen molar-refractivity contribution in [2.75, 3.05) is 23.7 Å². The number of amides is 2. The highest BCUT2D eigenvalue weighted by Gasteiger charge is 2.33. The molecule has 1 N–H and O–H groups in total. The average Bonchev–Trinajstić information content (AvgIpc) is 2.77. The van der Waals surface area contributed by atoms with Crippen molar-refractivity contribution in [1.29, 1.82) is 0 Å². The van der Waals surface area contributed by atoms with E-state index in [1.54, 1.807) is 51.1 Å². The van der Waals surface area contributed by atoms with Crippen LogP contribution >= 0.6 is 23.2 Å². The third kappa shape index (κ3) is 7.35. The molecule has 2 aromatic rings. The van der Waals surface area contributed by atoms with Gasteiger partial charge in [0, 0.05) is 28.7 Å². The van der Waals surface area contributed by atoms with Crippen LogP contribution in [0.2, 0.25) is 10.0 Å². The molecule has 0 aromatic heterocycles. The number of hydrogen-bond acceptors (Lipinski definition) is 4. The lowest BCUT2D eigenvalue weighted by Crippen LogP contribution is -2.52. The van der Waals surface area contributed by atoms with Crippen molar-refractivity contribution in [3.8, 4) is 0 Å². The van der Waals surface area contributed by atoms with Gasteiger partial charge in [0.25, 0.3) is 0 Å². The van der Waals surface area contributed by atoms with Crippen LogP contribution in [-0.4, -0.2) is 50.5 Å². The van der Waals surface area contributed by atoms with Crippen molar-refractivity contribution in [2.45, 2.75) is 53.1 Å². The number of aryl methyl sites for hydroxylation is 2. The minimum atomic E-state index is -3.81. The van der Waals surface area contributed by atoms with E-state index in [4.69, 9.17) is 23.2 Å². The van der Waals surface area contributed by atoms with E-state index in [2.05, 4.69) is 5.32 Å². The lowest BCUT2D eigenvalue weighted by Gasteiger charge is -2.33. The van der Waals surface area contributed by atoms with Crippen molar-refractivity contribution in [3.05, 3.63) is 63.1 Å². The summed E-state index contributed by atoms with van der Waals surface area (Å²) in [6.45, 7) is 7.26. The predicted octanol–water partition coefficient (Wildman–Crippen LogP) is 4.71. The molecule has 10 heteroatoms. The summed E-state index contributed by atoms with van der Waals surface area (Å²) in [7, 11) is -3.81. The standard InChI is InChI=1S/C25H33Cl2N3O4S/c1-6-14-28-25(32)22(7-2)29(15-19-20(26)12-9-13-21(19)27)23(31)16-30(35(5,33)34)24-17(3)10-8-11-18(24)4/h8-13,22H,6-7,14-16H2,1-5H3,(H,28,32)/t22-/m0/s1. The van der Waals surface area contributed by atoms with Crippen LogP contribution in [0.4, 0.5) is 5.69 Å². The molecule has 7 nitrogen and oxygen atoms in total. The predicted molar refractivity (Wildman–Crippen MR) is 142 cm³/mol. The van der Waals surface area contributed by atoms with Crippen molar-refractivity contribution in [1.82, 2.24) is 10.2 Å². The fourth-order valence-corrected chi connectivity index (χ4v) is 5.40. The Hall–Kier alpha value is -2.29. The molecular formula is C25H33Cl2N3O4S. The monoisotopic (exact) mass is 541 g/mol. The molecule has 2 rings (SSSR count). The molecule has 0 spiro atoms. The quantitative estimate of drug-likeness (QED) is 0.446. The second kappa shape index (κ2) is 12.6. The number of anilines is 1. The molecule has 0 aliphatic rings. The van der Waals surface area contributed by atoms with Gasteiger partial charge in [-0.05, 0) is 49.9 Å². The number of carbonyl (C=O) groups excluding carboxylic acids is 2. The highest BCUT2D eigenvalue weighted by atomic mass is 35.5. The van der Waals surface area contributed by atoms with Gasteiger partial charge in [-0.3, -0.25) is 13.9 Å². The van der Waals surface area contributed by atoms with Gasteiger partial charge < -0.3 is 10.2 Å². The Balaban J connectivity index is 2.54. The molecule has 0 bridgehead atoms. The molecule has 0 heterocycles. The maximum Gasteiger partial charge on any atom is 0.244 e. The fraction of sp³-hybridized carbons (Fsp3) is 0.440. The van der Waals surface area contributed by atoms with Crippen LogP contribution in [0.25, 0.3) is 0 Å². The van der Waals surface area contributed by atoms with Gasteiger partial charge in [-0.2, -0.15) is 0 Å². The molecule has 0 aliphatic carbocycles. The molecule has 2 amide bonds. The van der Waals surface area contributed by atoms with Gasteiger partial charge in [0.05, 0.1) is 11.9 Å². The Morgan fingerprint density at radius 1 is 1.00 bits per heavy atom. The number of para-hydroxylation sites is 1. The minimum Gasteiger partial charge on any atom is -0.354 e. The van der Waals surface area contributed by atoms with Crippen LogP contribution in [0.5, 0.6) is 0 Å². The van der Waals surface area contributed by atoms with Crippen molar-refractivity contribution >= 4 is 50.7 Å². The topological polar surface area (TPSA) is 86.8 Å². The van der Waals surface area contributed by atoms with Gasteiger partial charge in [0.15, 0.2) is 0 Å². The maximum atomic E-state index is 13.8. The van der Waals surface area contributed by atoms with E-state index in [1.807, 2.05) is 13.0 Å². The molecule has 35 heavy (non-hydrogen) atoms. The van der Waals surface area contributed by atoms with Crippen LogP contribution < -0.4 is 9.62 Å². The van der Waals surface area contributed by atoms with Crippen LogP contribution in [0.3, 0.4) is 0 Å². The summed E-state index contributed by atoms with van der Waals surface area (Å²) in [5, 5.41) is 3.55. The fourth-order valence-electron chi connectivity index (χ4n) is 3.91.